The molecule has 3 rings (SSSR count). The van der Waals surface area contributed by atoms with Crippen molar-refractivity contribution < 1.29 is 13.2 Å². The van der Waals surface area contributed by atoms with Crippen LogP contribution in [0.25, 0.3) is 10.2 Å². The highest BCUT2D eigenvalue weighted by Gasteiger charge is 2.13. The Balaban J connectivity index is 2.02. The molecule has 0 bridgehead atoms. The first kappa shape index (κ1) is 21.1. The van der Waals surface area contributed by atoms with Gasteiger partial charge in [-0.2, -0.15) is 16.8 Å². The molecule has 0 aliphatic heterocycles. The van der Waals surface area contributed by atoms with Crippen LogP contribution in [-0.2, 0) is 16.4 Å². The normalized spacial score (nSPS) is 12.6. The minimum absolute atomic E-state index is 0.0183. The van der Waals surface area contributed by atoms with Crippen LogP contribution in [0.3, 0.4) is 0 Å². The van der Waals surface area contributed by atoms with Gasteiger partial charge in [-0.15, -0.1) is 0 Å². The molecule has 1 amide bonds. The average molecular weight is 455 g/mol. The Labute approximate surface area is 177 Å². The zero-order chi connectivity index (χ0) is 20.3. The second-order valence-corrected chi connectivity index (χ2v) is 10.7. The molecular formula is C19H19ClN2O3S3. The summed E-state index contributed by atoms with van der Waals surface area (Å²) in [7, 11) is -3.30. The molecule has 0 aliphatic rings. The minimum Gasteiger partial charge on any atom is -0.316 e. The van der Waals surface area contributed by atoms with Crippen molar-refractivity contribution in [1.82, 2.24) is 4.57 Å². The second-order valence-electron chi connectivity index (χ2n) is 5.99. The first-order valence-electron chi connectivity index (χ1n) is 8.55. The molecule has 3 aromatic rings. The van der Waals surface area contributed by atoms with Gasteiger partial charge < -0.3 is 4.57 Å². The molecule has 0 atom stereocenters. The Morgan fingerprint density at radius 3 is 2.57 bits per heavy atom. The molecule has 1 heterocycles. The summed E-state index contributed by atoms with van der Waals surface area (Å²) in [4.78, 5) is 17.8. The van der Waals surface area contributed by atoms with Crippen molar-refractivity contribution in [1.29, 1.82) is 0 Å². The monoisotopic (exact) mass is 454 g/mol. The molecule has 28 heavy (non-hydrogen) atoms. The second kappa shape index (κ2) is 8.82. The number of aromatic nitrogens is 1. The van der Waals surface area contributed by atoms with Crippen molar-refractivity contribution >= 4 is 60.7 Å². The number of benzene rings is 2. The van der Waals surface area contributed by atoms with E-state index in [9.17, 15) is 13.2 Å². The van der Waals surface area contributed by atoms with E-state index in [-0.39, 0.29) is 10.6 Å². The lowest BCUT2D eigenvalue weighted by Crippen LogP contribution is -2.18. The van der Waals surface area contributed by atoms with Gasteiger partial charge in [0.25, 0.3) is 5.91 Å². The quantitative estimate of drug-likeness (QED) is 0.558. The van der Waals surface area contributed by atoms with Crippen molar-refractivity contribution in [3.8, 4) is 0 Å². The van der Waals surface area contributed by atoms with E-state index in [4.69, 9.17) is 11.6 Å². The average Bonchev–Trinajstić information content (AvgIpc) is 3.02. The van der Waals surface area contributed by atoms with E-state index < -0.39 is 15.7 Å². The number of rotatable bonds is 6. The molecule has 0 aliphatic carbocycles. The maximum atomic E-state index is 12.7. The molecule has 0 spiro atoms. The molecule has 1 aromatic heterocycles. The number of hydrogen-bond acceptors (Lipinski definition) is 5. The number of sulfone groups is 1. The molecule has 2 aromatic carbocycles. The molecule has 9 heteroatoms. The maximum Gasteiger partial charge on any atom is 0.279 e. The molecular weight excluding hydrogens is 436 g/mol. The Morgan fingerprint density at radius 2 is 1.93 bits per heavy atom. The Kier molecular flexibility index (Phi) is 6.65. The number of halogens is 1. The number of fused-ring (bicyclic) bond motifs is 1. The van der Waals surface area contributed by atoms with Crippen molar-refractivity contribution in [2.75, 3.05) is 17.8 Å². The van der Waals surface area contributed by atoms with Crippen LogP contribution in [0.4, 0.5) is 0 Å². The molecule has 0 saturated carbocycles. The molecule has 148 valence electrons. The van der Waals surface area contributed by atoms with Crippen LogP contribution < -0.4 is 4.80 Å². The van der Waals surface area contributed by atoms with E-state index in [0.717, 1.165) is 22.5 Å². The Morgan fingerprint density at radius 1 is 1.21 bits per heavy atom. The predicted molar refractivity (Wildman–Crippen MR) is 117 cm³/mol. The number of hydrogen-bond donors (Lipinski definition) is 0. The zero-order valence-electron chi connectivity index (χ0n) is 15.4. The standard InChI is InChI=1S/C19H19ClN2O3S3/c1-3-28(24,25)15-7-4-13(5-8-15)18(23)21-19-22(10-11-26-2)16-9-6-14(20)12-17(16)27-19/h4-9,12H,3,10-11H2,1-2H3. The fraction of sp³-hybridized carbons (Fsp3) is 0.263. The number of amides is 1. The number of thioether (sulfide) groups is 1. The molecule has 0 radical (unpaired) electrons. The van der Waals surface area contributed by atoms with E-state index in [1.807, 2.05) is 29.0 Å². The van der Waals surface area contributed by atoms with Crippen LogP contribution in [0.15, 0.2) is 52.4 Å². The highest BCUT2D eigenvalue weighted by Crippen LogP contribution is 2.22. The molecule has 0 fully saturated rings. The van der Waals surface area contributed by atoms with Crippen LogP contribution in [0.2, 0.25) is 5.02 Å². The van der Waals surface area contributed by atoms with E-state index in [1.165, 1.54) is 35.6 Å². The smallest absolute Gasteiger partial charge is 0.279 e. The van der Waals surface area contributed by atoms with Crippen molar-refractivity contribution in [2.24, 2.45) is 4.99 Å². The number of thiazole rings is 1. The predicted octanol–water partition coefficient (Wildman–Crippen LogP) is 4.25. The summed E-state index contributed by atoms with van der Waals surface area (Å²) in [5, 5.41) is 0.636. The minimum atomic E-state index is -3.30. The van der Waals surface area contributed by atoms with Crippen LogP contribution >= 0.6 is 34.7 Å². The zero-order valence-corrected chi connectivity index (χ0v) is 18.6. The first-order chi connectivity index (χ1) is 13.4. The third kappa shape index (κ3) is 4.51. The van der Waals surface area contributed by atoms with Gasteiger partial charge in [-0.3, -0.25) is 4.79 Å². The third-order valence-electron chi connectivity index (χ3n) is 4.20. The van der Waals surface area contributed by atoms with E-state index in [1.54, 1.807) is 18.7 Å². The highest BCUT2D eigenvalue weighted by molar-refractivity contribution is 7.98. The van der Waals surface area contributed by atoms with Gasteiger partial charge in [0, 0.05) is 22.9 Å². The number of carbonyl (C=O) groups is 1. The van der Waals surface area contributed by atoms with Crippen LogP contribution in [-0.4, -0.2) is 36.7 Å². The number of nitrogens with zero attached hydrogens (tertiary/aromatic N) is 2. The Hall–Kier alpha value is -1.61. The summed E-state index contributed by atoms with van der Waals surface area (Å²) in [5.41, 5.74) is 1.33. The van der Waals surface area contributed by atoms with Gasteiger partial charge >= 0.3 is 0 Å². The van der Waals surface area contributed by atoms with Crippen molar-refractivity contribution in [3.05, 3.63) is 57.9 Å². The van der Waals surface area contributed by atoms with Crippen LogP contribution in [0.1, 0.15) is 17.3 Å². The van der Waals surface area contributed by atoms with E-state index in [2.05, 4.69) is 4.99 Å². The van der Waals surface area contributed by atoms with Gasteiger partial charge in [0.15, 0.2) is 14.6 Å². The largest absolute Gasteiger partial charge is 0.316 e. The van der Waals surface area contributed by atoms with Gasteiger partial charge in [0.2, 0.25) is 0 Å². The summed E-state index contributed by atoms with van der Waals surface area (Å²) < 4.78 is 26.8. The lowest BCUT2D eigenvalue weighted by Gasteiger charge is -2.04. The van der Waals surface area contributed by atoms with Crippen LogP contribution in [0, 0.1) is 0 Å². The molecule has 0 unspecified atom stereocenters. The topological polar surface area (TPSA) is 68.5 Å². The summed E-state index contributed by atoms with van der Waals surface area (Å²) in [6.07, 6.45) is 2.03. The van der Waals surface area contributed by atoms with Gasteiger partial charge in [-0.1, -0.05) is 29.9 Å². The summed E-state index contributed by atoms with van der Waals surface area (Å²) in [6.45, 7) is 2.31. The number of aryl methyl sites for hydroxylation is 1. The van der Waals surface area contributed by atoms with Crippen molar-refractivity contribution in [3.63, 3.8) is 0 Å². The maximum absolute atomic E-state index is 12.7. The lowest BCUT2D eigenvalue weighted by molar-refractivity contribution is 0.0997. The van der Waals surface area contributed by atoms with Crippen molar-refractivity contribution in [2.45, 2.75) is 18.4 Å². The summed E-state index contributed by atoms with van der Waals surface area (Å²) >= 11 is 9.22. The van der Waals surface area contributed by atoms with Gasteiger partial charge in [-0.05, 0) is 48.7 Å². The summed E-state index contributed by atoms with van der Waals surface area (Å²) in [5.74, 6) is 0.500. The Bertz CT molecular complexity index is 1180. The fourth-order valence-corrected chi connectivity index (χ4v) is 5.23. The first-order valence-corrected chi connectivity index (χ1v) is 12.8. The van der Waals surface area contributed by atoms with Gasteiger partial charge in [-0.25, -0.2) is 8.42 Å². The third-order valence-corrected chi connectivity index (χ3v) is 7.82. The highest BCUT2D eigenvalue weighted by atomic mass is 35.5. The van der Waals surface area contributed by atoms with E-state index in [0.29, 0.717) is 15.4 Å². The van der Waals surface area contributed by atoms with Crippen LogP contribution in [0.5, 0.6) is 0 Å². The SMILES string of the molecule is CCS(=O)(=O)c1ccc(C(=O)N=c2sc3cc(Cl)ccc3n2CCSC)cc1. The molecule has 0 N–H and O–H groups in total. The molecule has 0 saturated heterocycles. The van der Waals surface area contributed by atoms with E-state index >= 15 is 0 Å². The lowest BCUT2D eigenvalue weighted by atomic mass is 10.2. The summed E-state index contributed by atoms with van der Waals surface area (Å²) in [6, 6.07) is 11.5. The van der Waals surface area contributed by atoms with Gasteiger partial charge in [0.1, 0.15) is 0 Å². The molecule has 5 nitrogen and oxygen atoms in total. The number of carbonyl (C=O) groups excluding carboxylic acids is 1. The fourth-order valence-electron chi connectivity index (χ4n) is 2.65. The van der Waals surface area contributed by atoms with Gasteiger partial charge in [0.05, 0.1) is 20.9 Å².